The van der Waals surface area contributed by atoms with E-state index >= 15 is 0 Å². The van der Waals surface area contributed by atoms with Gasteiger partial charge in [0.05, 0.1) is 17.1 Å². The second-order valence-corrected chi connectivity index (χ2v) is 51.9. The molecule has 0 fully saturated rings. The fraction of sp³-hybridized carbons (Fsp3) is 0.0702. The van der Waals surface area contributed by atoms with Crippen molar-refractivity contribution in [3.8, 4) is 168 Å². The number of hydrogen-bond donors (Lipinski definition) is 0. The topological polar surface area (TPSA) is 103 Å². The molecule has 8 nitrogen and oxygen atoms in total. The van der Waals surface area contributed by atoms with Crippen molar-refractivity contribution in [1.82, 2.24) is 39.9 Å². The molecule has 12 heteroatoms. The van der Waals surface area contributed by atoms with Gasteiger partial charge in [0.1, 0.15) is 32.3 Å². The van der Waals surface area contributed by atoms with Crippen molar-refractivity contribution in [2.24, 2.45) is 0 Å². The van der Waals surface area contributed by atoms with Gasteiger partial charge in [-0.1, -0.05) is 453 Å². The molecule has 0 atom stereocenters. The molecule has 604 valence electrons. The van der Waals surface area contributed by atoms with Crippen molar-refractivity contribution < 1.29 is 0 Å². The van der Waals surface area contributed by atoms with E-state index in [1.165, 1.54) is 125 Å². The molecule has 0 unspecified atom stereocenters. The van der Waals surface area contributed by atoms with Crippen LogP contribution in [-0.4, -0.2) is 72.2 Å². The molecule has 0 saturated carbocycles. The molecule has 0 N–H and O–H groups in total. The van der Waals surface area contributed by atoms with Gasteiger partial charge in [0.15, 0.2) is 23.3 Å². The van der Waals surface area contributed by atoms with Gasteiger partial charge in [-0.2, -0.15) is 0 Å². The van der Waals surface area contributed by atoms with E-state index in [4.69, 9.17) is 34.9 Å². The van der Waals surface area contributed by atoms with Crippen molar-refractivity contribution in [2.45, 2.75) is 52.4 Å². The van der Waals surface area contributed by atoms with E-state index in [1.807, 2.05) is 36.5 Å². The first-order chi connectivity index (χ1) is 61.6. The summed E-state index contributed by atoms with van der Waals surface area (Å²) in [7, 11) is -7.61. The van der Waals surface area contributed by atoms with Crippen LogP contribution in [0, 0.1) is 0 Å². The fourth-order valence-corrected chi connectivity index (χ4v) is 30.7. The lowest BCUT2D eigenvalue weighted by Crippen LogP contribution is -2.50. The van der Waals surface area contributed by atoms with Crippen LogP contribution in [0.1, 0.15) is 0 Å². The lowest BCUT2D eigenvalue weighted by molar-refractivity contribution is 1.21. The standard InChI is InChI=1S/C36H28N2Si.2C30H24N2Si.C18H16N2Si/c1-39(2)32-19-10-9-18-31(32)33-34(30-17-11-16-29(24-30)26-14-7-4-8-15-26)37-35(38-36(33)39)28-22-20-27(21-23-28)25-12-5-3-6-13-25;1-33(2)26-20-12-11-19-25(26)27-28(31-29(32-30(27)33)22-15-7-4-8-16-22)24-18-10-9-17-23(24)21-13-5-3-6-14-21;1-33(2)26-20-12-11-19-25(26)27-28(22-15-7-4-8-16-22)31-29(32-30(27)33)24-18-10-9-17-23(24)21-13-5-3-6-14-21;1-21(2)16-11-7-6-10-14(16)15-12-19-17(20-18(15)21)13-8-4-3-5-9-13/h3-24H,1-2H3;2*3-20H,1-2H3;3-12H,1-2H3. The SMILES string of the molecule is C[Si]1(C)c2ccccc2-c2c(-c3cccc(-c4ccccc4)c3)nc(-c3ccc(-c4ccccc4)cc3)nc21.C[Si]1(C)c2ccccc2-c2c(-c3ccccc3)nc(-c3ccccc3-c3ccccc3)nc21.C[Si]1(C)c2ccccc2-c2c(-c3ccccc3-c3ccccc3)nc(-c3ccccc3)nc21.C[Si]1(C)c2ccccc2-c2cnc(-c3ccccc3)nc21. The van der Waals surface area contributed by atoms with E-state index in [9.17, 15) is 0 Å². The summed E-state index contributed by atoms with van der Waals surface area (Å²) in [6.45, 7) is 19.2. The van der Waals surface area contributed by atoms with E-state index in [1.54, 1.807) is 0 Å². The molecule has 4 aliphatic rings. The van der Waals surface area contributed by atoms with Gasteiger partial charge >= 0.3 is 0 Å². The Bertz CT molecular complexity index is 7290. The summed E-state index contributed by atoms with van der Waals surface area (Å²) in [6, 6.07) is 143. The van der Waals surface area contributed by atoms with Crippen LogP contribution in [0.15, 0.2) is 413 Å². The second kappa shape index (κ2) is 33.3. The Labute approximate surface area is 742 Å². The van der Waals surface area contributed by atoms with E-state index in [2.05, 4.69) is 433 Å². The first-order valence-electron chi connectivity index (χ1n) is 43.4. The average Bonchev–Trinajstić information content (AvgIpc) is 1.57. The quantitative estimate of drug-likeness (QED) is 0.118. The minimum absolute atomic E-state index is 0.793. The van der Waals surface area contributed by atoms with Crippen molar-refractivity contribution in [3.63, 3.8) is 0 Å². The highest BCUT2D eigenvalue weighted by Gasteiger charge is 2.45. The summed E-state index contributed by atoms with van der Waals surface area (Å²) >= 11 is 0. The van der Waals surface area contributed by atoms with Gasteiger partial charge in [-0.15, -0.1) is 0 Å². The van der Waals surface area contributed by atoms with E-state index in [0.717, 1.165) is 84.9 Å². The number of hydrogen-bond acceptors (Lipinski definition) is 8. The molecule has 0 aliphatic carbocycles. The van der Waals surface area contributed by atoms with Crippen LogP contribution >= 0.6 is 0 Å². The predicted octanol–water partition coefficient (Wildman–Crippen LogP) is 23.5. The molecule has 0 amide bonds. The van der Waals surface area contributed by atoms with Crippen molar-refractivity contribution in [1.29, 1.82) is 0 Å². The smallest absolute Gasteiger partial charge is 0.160 e. The number of fused-ring (bicyclic) bond motifs is 12. The van der Waals surface area contributed by atoms with Gasteiger partial charge in [-0.05, 0) is 93.6 Å². The van der Waals surface area contributed by atoms with Gasteiger partial charge in [-0.25, -0.2) is 39.9 Å². The zero-order valence-electron chi connectivity index (χ0n) is 71.8. The van der Waals surface area contributed by atoms with E-state index in [-0.39, 0.29) is 0 Å². The Morgan fingerprint density at radius 2 is 0.429 bits per heavy atom. The minimum Gasteiger partial charge on any atom is -0.237 e. The molecule has 0 bridgehead atoms. The number of aromatic nitrogens is 8. The number of rotatable bonds is 11. The van der Waals surface area contributed by atoms with Crippen LogP contribution in [0.5, 0.6) is 0 Å². The molecule has 8 heterocycles. The summed E-state index contributed by atoms with van der Waals surface area (Å²) < 4.78 is 0. The molecular formula is C114H92N8Si4. The zero-order chi connectivity index (χ0) is 85.7. The molecule has 4 aromatic heterocycles. The molecule has 126 heavy (non-hydrogen) atoms. The monoisotopic (exact) mass is 1680 g/mol. The molecule has 19 aromatic rings. The molecule has 0 saturated heterocycles. The van der Waals surface area contributed by atoms with Gasteiger partial charge in [-0.3, -0.25) is 0 Å². The first-order valence-corrected chi connectivity index (χ1v) is 55.4. The van der Waals surface area contributed by atoms with Crippen LogP contribution in [-0.2, 0) is 0 Å². The maximum absolute atomic E-state index is 5.31. The first kappa shape index (κ1) is 79.9. The number of benzene rings is 15. The van der Waals surface area contributed by atoms with Crippen LogP contribution in [0.2, 0.25) is 52.4 Å². The average molecular weight is 1690 g/mol. The molecule has 23 rings (SSSR count). The summed E-state index contributed by atoms with van der Waals surface area (Å²) in [4.78, 5) is 41.2. The van der Waals surface area contributed by atoms with Crippen LogP contribution in [0.3, 0.4) is 0 Å². The van der Waals surface area contributed by atoms with Crippen molar-refractivity contribution in [2.75, 3.05) is 0 Å². The highest BCUT2D eigenvalue weighted by atomic mass is 28.3. The maximum atomic E-state index is 5.31. The Morgan fingerprint density at radius 1 is 0.159 bits per heavy atom. The molecule has 0 spiro atoms. The van der Waals surface area contributed by atoms with Crippen LogP contribution < -0.4 is 42.0 Å². The normalized spacial score (nSPS) is 13.5. The zero-order valence-corrected chi connectivity index (χ0v) is 75.8. The Hall–Kier alpha value is -14.5. The van der Waals surface area contributed by atoms with Gasteiger partial charge in [0.25, 0.3) is 0 Å². The Kier molecular flexibility index (Phi) is 21.1. The Morgan fingerprint density at radius 3 is 0.897 bits per heavy atom. The fourth-order valence-electron chi connectivity index (χ4n) is 19.0. The van der Waals surface area contributed by atoms with Crippen LogP contribution in [0.4, 0.5) is 0 Å². The summed E-state index contributed by atoms with van der Waals surface area (Å²) in [5, 5.41) is 10.7. The lowest BCUT2D eigenvalue weighted by atomic mass is 9.93. The highest BCUT2D eigenvalue weighted by molar-refractivity contribution is 7.05. The van der Waals surface area contributed by atoms with Gasteiger partial charge < -0.3 is 0 Å². The molecule has 15 aromatic carbocycles. The maximum Gasteiger partial charge on any atom is 0.160 e. The van der Waals surface area contributed by atoms with Crippen molar-refractivity contribution in [3.05, 3.63) is 413 Å². The number of nitrogens with zero attached hydrogens (tertiary/aromatic N) is 8. The Balaban J connectivity index is 0.000000108. The van der Waals surface area contributed by atoms with Crippen molar-refractivity contribution >= 4 is 74.3 Å². The third kappa shape index (κ3) is 14.7. The molecular weight excluding hydrogens is 1590 g/mol. The minimum atomic E-state index is -2.00. The third-order valence-corrected chi connectivity index (χ3v) is 38.8. The molecule has 0 radical (unpaired) electrons. The summed E-state index contributed by atoms with van der Waals surface area (Å²) in [6.07, 6.45) is 2.01. The highest BCUT2D eigenvalue weighted by Crippen LogP contribution is 2.44. The van der Waals surface area contributed by atoms with Gasteiger partial charge in [0, 0.05) is 88.7 Å². The lowest BCUT2D eigenvalue weighted by Gasteiger charge is -2.19. The van der Waals surface area contributed by atoms with Crippen LogP contribution in [0.25, 0.3) is 168 Å². The summed E-state index contributed by atoms with van der Waals surface area (Å²) in [5.74, 6) is 3.24. The summed E-state index contributed by atoms with van der Waals surface area (Å²) in [5.41, 5.74) is 30.3. The predicted molar refractivity (Wildman–Crippen MR) is 537 cm³/mol. The molecule has 4 aliphatic heterocycles. The van der Waals surface area contributed by atoms with E-state index < -0.39 is 32.3 Å². The largest absolute Gasteiger partial charge is 0.237 e. The van der Waals surface area contributed by atoms with E-state index in [0.29, 0.717) is 0 Å². The second-order valence-electron chi connectivity index (χ2n) is 34.8. The third-order valence-electron chi connectivity index (χ3n) is 25.5. The van der Waals surface area contributed by atoms with Gasteiger partial charge in [0.2, 0.25) is 0 Å².